The van der Waals surface area contributed by atoms with E-state index in [9.17, 15) is 9.18 Å². The Morgan fingerprint density at radius 1 is 1.45 bits per heavy atom. The van der Waals surface area contributed by atoms with E-state index in [1.807, 2.05) is 17.9 Å². The van der Waals surface area contributed by atoms with Crippen LogP contribution in [0.25, 0.3) is 0 Å². The standard InChI is InChI=1S/C16H23FN2O/c1-2-19(11-12-5-3-7-14(17)9-12)16(20)15-8-4-6-13(15)10-18/h3,5,7,9,13,15H,2,4,6,8,10-11,18H2,1H3. The summed E-state index contributed by atoms with van der Waals surface area (Å²) in [5.41, 5.74) is 6.59. The third-order valence-electron chi connectivity index (χ3n) is 4.23. The Labute approximate surface area is 120 Å². The molecule has 2 atom stereocenters. The highest BCUT2D eigenvalue weighted by atomic mass is 19.1. The molecule has 0 radical (unpaired) electrons. The van der Waals surface area contributed by atoms with Gasteiger partial charge in [-0.25, -0.2) is 4.39 Å². The molecule has 0 aromatic heterocycles. The Morgan fingerprint density at radius 2 is 2.25 bits per heavy atom. The van der Waals surface area contributed by atoms with Crippen LogP contribution in [0.5, 0.6) is 0 Å². The maximum absolute atomic E-state index is 13.2. The lowest BCUT2D eigenvalue weighted by Crippen LogP contribution is -2.38. The van der Waals surface area contributed by atoms with Gasteiger partial charge in [0.1, 0.15) is 5.82 Å². The summed E-state index contributed by atoms with van der Waals surface area (Å²) in [6.45, 7) is 3.65. The highest BCUT2D eigenvalue weighted by Crippen LogP contribution is 2.32. The summed E-state index contributed by atoms with van der Waals surface area (Å²) in [4.78, 5) is 14.4. The summed E-state index contributed by atoms with van der Waals surface area (Å²) < 4.78 is 13.2. The summed E-state index contributed by atoms with van der Waals surface area (Å²) in [5.74, 6) is 0.272. The number of nitrogens with zero attached hydrogens (tertiary/aromatic N) is 1. The number of nitrogens with two attached hydrogens (primary N) is 1. The molecule has 3 nitrogen and oxygen atoms in total. The number of carbonyl (C=O) groups is 1. The third kappa shape index (κ3) is 3.37. The Hall–Kier alpha value is -1.42. The van der Waals surface area contributed by atoms with Crippen molar-refractivity contribution in [3.05, 3.63) is 35.6 Å². The van der Waals surface area contributed by atoms with Crippen molar-refractivity contribution >= 4 is 5.91 Å². The van der Waals surface area contributed by atoms with Crippen LogP contribution in [0, 0.1) is 17.7 Å². The lowest BCUT2D eigenvalue weighted by Gasteiger charge is -2.27. The molecule has 0 spiro atoms. The van der Waals surface area contributed by atoms with Crippen LogP contribution in [0.3, 0.4) is 0 Å². The zero-order chi connectivity index (χ0) is 14.5. The van der Waals surface area contributed by atoms with Crippen molar-refractivity contribution in [1.82, 2.24) is 4.90 Å². The van der Waals surface area contributed by atoms with Gasteiger partial charge in [-0.05, 0) is 49.9 Å². The smallest absolute Gasteiger partial charge is 0.226 e. The maximum atomic E-state index is 13.2. The summed E-state index contributed by atoms with van der Waals surface area (Å²) in [7, 11) is 0. The van der Waals surface area contributed by atoms with E-state index in [2.05, 4.69) is 0 Å². The average molecular weight is 278 g/mol. The number of amides is 1. The first kappa shape index (κ1) is 15.0. The molecule has 1 amide bonds. The highest BCUT2D eigenvalue weighted by molar-refractivity contribution is 5.79. The van der Waals surface area contributed by atoms with Gasteiger partial charge >= 0.3 is 0 Å². The van der Waals surface area contributed by atoms with E-state index in [0.717, 1.165) is 24.8 Å². The Kier molecular flexibility index (Phi) is 5.12. The Balaban J connectivity index is 2.06. The zero-order valence-corrected chi connectivity index (χ0v) is 12.0. The fraction of sp³-hybridized carbons (Fsp3) is 0.562. The lowest BCUT2D eigenvalue weighted by atomic mass is 9.94. The summed E-state index contributed by atoms with van der Waals surface area (Å²) in [5, 5.41) is 0. The molecule has 0 heterocycles. The van der Waals surface area contributed by atoms with Gasteiger partial charge in [-0.15, -0.1) is 0 Å². The van der Waals surface area contributed by atoms with Crippen LogP contribution in [-0.4, -0.2) is 23.9 Å². The molecule has 2 unspecified atom stereocenters. The predicted molar refractivity (Wildman–Crippen MR) is 77.4 cm³/mol. The molecule has 1 aromatic rings. The van der Waals surface area contributed by atoms with Gasteiger partial charge in [0, 0.05) is 19.0 Å². The maximum Gasteiger partial charge on any atom is 0.226 e. The average Bonchev–Trinajstić information content (AvgIpc) is 2.92. The second-order valence-corrected chi connectivity index (χ2v) is 5.52. The second kappa shape index (κ2) is 6.84. The first-order valence-corrected chi connectivity index (χ1v) is 7.39. The van der Waals surface area contributed by atoms with Crippen LogP contribution >= 0.6 is 0 Å². The Morgan fingerprint density at radius 3 is 2.90 bits per heavy atom. The molecule has 2 rings (SSSR count). The van der Waals surface area contributed by atoms with Crippen molar-refractivity contribution in [2.75, 3.05) is 13.1 Å². The first-order valence-electron chi connectivity index (χ1n) is 7.39. The molecule has 20 heavy (non-hydrogen) atoms. The van der Waals surface area contributed by atoms with E-state index in [4.69, 9.17) is 5.73 Å². The quantitative estimate of drug-likeness (QED) is 0.899. The van der Waals surface area contributed by atoms with Crippen LogP contribution in [-0.2, 0) is 11.3 Å². The molecular weight excluding hydrogens is 255 g/mol. The van der Waals surface area contributed by atoms with Crippen LogP contribution < -0.4 is 5.73 Å². The van der Waals surface area contributed by atoms with Gasteiger partial charge in [-0.2, -0.15) is 0 Å². The molecule has 1 aromatic carbocycles. The summed E-state index contributed by atoms with van der Waals surface area (Å²) in [6, 6.07) is 6.45. The number of hydrogen-bond donors (Lipinski definition) is 1. The van der Waals surface area contributed by atoms with Crippen LogP contribution in [0.1, 0.15) is 31.7 Å². The number of hydrogen-bond acceptors (Lipinski definition) is 2. The van der Waals surface area contributed by atoms with E-state index >= 15 is 0 Å². The van der Waals surface area contributed by atoms with Gasteiger partial charge in [0.2, 0.25) is 5.91 Å². The molecule has 110 valence electrons. The molecule has 1 aliphatic carbocycles. The van der Waals surface area contributed by atoms with Crippen molar-refractivity contribution < 1.29 is 9.18 Å². The van der Waals surface area contributed by atoms with Gasteiger partial charge in [-0.1, -0.05) is 18.6 Å². The molecule has 4 heteroatoms. The van der Waals surface area contributed by atoms with Gasteiger partial charge in [-0.3, -0.25) is 4.79 Å². The molecule has 1 aliphatic rings. The van der Waals surface area contributed by atoms with Gasteiger partial charge in [0.15, 0.2) is 0 Å². The minimum atomic E-state index is -0.258. The summed E-state index contributed by atoms with van der Waals surface area (Å²) >= 11 is 0. The largest absolute Gasteiger partial charge is 0.338 e. The first-order chi connectivity index (χ1) is 9.65. The van der Waals surface area contributed by atoms with Gasteiger partial charge in [0.25, 0.3) is 0 Å². The lowest BCUT2D eigenvalue weighted by molar-refractivity contribution is -0.137. The monoisotopic (exact) mass is 278 g/mol. The third-order valence-corrected chi connectivity index (χ3v) is 4.23. The molecule has 1 fully saturated rings. The van der Waals surface area contributed by atoms with Crippen molar-refractivity contribution in [2.45, 2.75) is 32.7 Å². The van der Waals surface area contributed by atoms with E-state index in [1.54, 1.807) is 6.07 Å². The fourth-order valence-corrected chi connectivity index (χ4v) is 3.08. The summed E-state index contributed by atoms with van der Waals surface area (Å²) in [6.07, 6.45) is 3.06. The van der Waals surface area contributed by atoms with Crippen LogP contribution in [0.2, 0.25) is 0 Å². The molecule has 0 bridgehead atoms. The van der Waals surface area contributed by atoms with Crippen molar-refractivity contribution in [3.63, 3.8) is 0 Å². The van der Waals surface area contributed by atoms with E-state index in [-0.39, 0.29) is 17.6 Å². The van der Waals surface area contributed by atoms with Crippen molar-refractivity contribution in [3.8, 4) is 0 Å². The number of rotatable bonds is 5. The van der Waals surface area contributed by atoms with Gasteiger partial charge < -0.3 is 10.6 Å². The normalized spacial score (nSPS) is 21.9. The fourth-order valence-electron chi connectivity index (χ4n) is 3.08. The molecule has 0 aliphatic heterocycles. The van der Waals surface area contributed by atoms with Crippen molar-refractivity contribution in [2.24, 2.45) is 17.6 Å². The van der Waals surface area contributed by atoms with E-state index in [1.165, 1.54) is 12.1 Å². The van der Waals surface area contributed by atoms with Crippen molar-refractivity contribution in [1.29, 1.82) is 0 Å². The topological polar surface area (TPSA) is 46.3 Å². The second-order valence-electron chi connectivity index (χ2n) is 5.52. The number of carbonyl (C=O) groups excluding carboxylic acids is 1. The molecule has 2 N–H and O–H groups in total. The zero-order valence-electron chi connectivity index (χ0n) is 12.0. The SMILES string of the molecule is CCN(Cc1cccc(F)c1)C(=O)C1CCCC1CN. The minimum absolute atomic E-state index is 0.0495. The van der Waals surface area contributed by atoms with E-state index in [0.29, 0.717) is 25.6 Å². The van der Waals surface area contributed by atoms with Gasteiger partial charge in [0.05, 0.1) is 0 Å². The highest BCUT2D eigenvalue weighted by Gasteiger charge is 2.34. The molecular formula is C16H23FN2O. The molecule has 0 saturated heterocycles. The predicted octanol–water partition coefficient (Wildman–Crippen LogP) is 2.55. The molecule has 1 saturated carbocycles. The Bertz CT molecular complexity index is 464. The van der Waals surface area contributed by atoms with E-state index < -0.39 is 0 Å². The number of halogens is 1. The minimum Gasteiger partial charge on any atom is -0.338 e. The van der Waals surface area contributed by atoms with Crippen LogP contribution in [0.15, 0.2) is 24.3 Å². The number of benzene rings is 1. The van der Waals surface area contributed by atoms with Crippen LogP contribution in [0.4, 0.5) is 4.39 Å².